The molecule has 4 rings (SSSR count). The van der Waals surface area contributed by atoms with Gasteiger partial charge in [-0.25, -0.2) is 4.98 Å². The Balaban J connectivity index is 1.59. The first-order chi connectivity index (χ1) is 13.7. The fourth-order valence-corrected chi connectivity index (χ4v) is 3.84. The number of hydrogen-bond acceptors (Lipinski definition) is 7. The molecule has 0 fully saturated rings. The van der Waals surface area contributed by atoms with Crippen LogP contribution in [0.5, 0.6) is 11.5 Å². The SMILES string of the molecule is COCCn1c(SCC(=O)c2ccc3c(c2)OCO3)nc2ccccc2c1=O. The Morgan fingerprint density at radius 3 is 2.89 bits per heavy atom. The Bertz CT molecular complexity index is 1100. The second kappa shape index (κ2) is 8.04. The molecular formula is C20H18N2O5S. The number of hydrogen-bond donors (Lipinski definition) is 0. The lowest BCUT2D eigenvalue weighted by Crippen LogP contribution is -2.25. The van der Waals surface area contributed by atoms with Crippen molar-refractivity contribution < 1.29 is 19.0 Å². The van der Waals surface area contributed by atoms with Crippen LogP contribution >= 0.6 is 11.8 Å². The summed E-state index contributed by atoms with van der Waals surface area (Å²) >= 11 is 1.24. The summed E-state index contributed by atoms with van der Waals surface area (Å²) in [4.78, 5) is 30.1. The predicted molar refractivity (Wildman–Crippen MR) is 105 cm³/mol. The van der Waals surface area contributed by atoms with Gasteiger partial charge in [-0.3, -0.25) is 14.2 Å². The molecule has 2 aromatic carbocycles. The van der Waals surface area contributed by atoms with E-state index in [0.29, 0.717) is 46.3 Å². The first-order valence-electron chi connectivity index (χ1n) is 8.71. The summed E-state index contributed by atoms with van der Waals surface area (Å²) in [6.07, 6.45) is 0. The normalized spacial score (nSPS) is 12.5. The van der Waals surface area contributed by atoms with E-state index < -0.39 is 0 Å². The molecule has 7 nitrogen and oxygen atoms in total. The second-order valence-electron chi connectivity index (χ2n) is 6.14. The van der Waals surface area contributed by atoms with E-state index in [1.165, 1.54) is 11.8 Å². The van der Waals surface area contributed by atoms with Gasteiger partial charge in [-0.05, 0) is 30.3 Å². The van der Waals surface area contributed by atoms with E-state index in [2.05, 4.69) is 4.98 Å². The zero-order chi connectivity index (χ0) is 19.5. The fourth-order valence-electron chi connectivity index (χ4n) is 2.92. The summed E-state index contributed by atoms with van der Waals surface area (Å²) in [6.45, 7) is 0.909. The van der Waals surface area contributed by atoms with Crippen LogP contribution in [0, 0.1) is 0 Å². The second-order valence-corrected chi connectivity index (χ2v) is 7.08. The standard InChI is InChI=1S/C20H18N2O5S/c1-25-9-8-22-19(24)14-4-2-3-5-15(14)21-20(22)28-11-16(23)13-6-7-17-18(10-13)27-12-26-17/h2-7,10H,8-9,11-12H2,1H3. The maximum atomic E-state index is 12.8. The van der Waals surface area contributed by atoms with Gasteiger partial charge in [0.1, 0.15) is 0 Å². The van der Waals surface area contributed by atoms with E-state index in [4.69, 9.17) is 14.2 Å². The van der Waals surface area contributed by atoms with Crippen molar-refractivity contribution >= 4 is 28.4 Å². The minimum absolute atomic E-state index is 0.0796. The molecule has 0 radical (unpaired) electrons. The average Bonchev–Trinajstić information content (AvgIpc) is 3.19. The number of Topliss-reactive ketones (excluding diaryl/α,β-unsaturated/α-hetero) is 1. The number of benzene rings is 2. The first kappa shape index (κ1) is 18.5. The molecule has 0 saturated heterocycles. The number of methoxy groups -OCH3 is 1. The van der Waals surface area contributed by atoms with E-state index in [0.717, 1.165) is 0 Å². The van der Waals surface area contributed by atoms with Crippen LogP contribution in [0.25, 0.3) is 10.9 Å². The lowest BCUT2D eigenvalue weighted by molar-refractivity contribution is 0.102. The van der Waals surface area contributed by atoms with Crippen molar-refractivity contribution in [1.82, 2.24) is 9.55 Å². The van der Waals surface area contributed by atoms with Gasteiger partial charge in [0.25, 0.3) is 5.56 Å². The number of carbonyl (C=O) groups excluding carboxylic acids is 1. The van der Waals surface area contributed by atoms with Crippen LogP contribution in [-0.4, -0.2) is 41.6 Å². The number of ether oxygens (including phenoxy) is 3. The summed E-state index contributed by atoms with van der Waals surface area (Å²) < 4.78 is 17.3. The molecule has 0 saturated carbocycles. The smallest absolute Gasteiger partial charge is 0.262 e. The van der Waals surface area contributed by atoms with Gasteiger partial charge >= 0.3 is 0 Å². The lowest BCUT2D eigenvalue weighted by Gasteiger charge is -2.12. The third kappa shape index (κ3) is 3.61. The molecule has 1 aromatic heterocycles. The van der Waals surface area contributed by atoms with Gasteiger partial charge in [0.05, 0.1) is 29.8 Å². The van der Waals surface area contributed by atoms with Crippen molar-refractivity contribution in [3.63, 3.8) is 0 Å². The molecule has 0 atom stereocenters. The van der Waals surface area contributed by atoms with Crippen LogP contribution in [0.15, 0.2) is 52.4 Å². The third-order valence-corrected chi connectivity index (χ3v) is 5.35. The van der Waals surface area contributed by atoms with E-state index in [-0.39, 0.29) is 23.9 Å². The van der Waals surface area contributed by atoms with Crippen molar-refractivity contribution in [1.29, 1.82) is 0 Å². The van der Waals surface area contributed by atoms with Crippen molar-refractivity contribution in [3.05, 3.63) is 58.4 Å². The topological polar surface area (TPSA) is 79.7 Å². The molecule has 0 aliphatic carbocycles. The highest BCUT2D eigenvalue weighted by molar-refractivity contribution is 7.99. The number of thioether (sulfide) groups is 1. The number of fused-ring (bicyclic) bond motifs is 2. The van der Waals surface area contributed by atoms with Crippen LogP contribution in [-0.2, 0) is 11.3 Å². The first-order valence-corrected chi connectivity index (χ1v) is 9.70. The van der Waals surface area contributed by atoms with Gasteiger partial charge < -0.3 is 14.2 Å². The van der Waals surface area contributed by atoms with Gasteiger partial charge in [0, 0.05) is 12.7 Å². The summed E-state index contributed by atoms with van der Waals surface area (Å²) in [5.41, 5.74) is 1.00. The van der Waals surface area contributed by atoms with E-state index in [1.807, 2.05) is 12.1 Å². The zero-order valence-electron chi connectivity index (χ0n) is 15.2. The molecule has 28 heavy (non-hydrogen) atoms. The summed E-state index contributed by atoms with van der Waals surface area (Å²) in [5, 5.41) is 1.04. The quantitative estimate of drug-likeness (QED) is 0.344. The highest BCUT2D eigenvalue weighted by Crippen LogP contribution is 2.33. The maximum Gasteiger partial charge on any atom is 0.262 e. The zero-order valence-corrected chi connectivity index (χ0v) is 16.0. The molecule has 2 heterocycles. The molecule has 3 aromatic rings. The lowest BCUT2D eigenvalue weighted by atomic mass is 10.1. The van der Waals surface area contributed by atoms with Crippen LogP contribution < -0.4 is 15.0 Å². The van der Waals surface area contributed by atoms with Gasteiger partial charge in [-0.1, -0.05) is 23.9 Å². The van der Waals surface area contributed by atoms with Gasteiger partial charge in [0.15, 0.2) is 22.4 Å². The Morgan fingerprint density at radius 2 is 2.04 bits per heavy atom. The van der Waals surface area contributed by atoms with Crippen LogP contribution in [0.4, 0.5) is 0 Å². The largest absolute Gasteiger partial charge is 0.454 e. The maximum absolute atomic E-state index is 12.8. The summed E-state index contributed by atoms with van der Waals surface area (Å²) in [5.74, 6) is 1.27. The molecule has 8 heteroatoms. The Hall–Kier alpha value is -2.84. The van der Waals surface area contributed by atoms with Crippen LogP contribution in [0.2, 0.25) is 0 Å². The molecule has 0 amide bonds. The van der Waals surface area contributed by atoms with Gasteiger partial charge in [-0.15, -0.1) is 0 Å². The summed E-state index contributed by atoms with van der Waals surface area (Å²) in [7, 11) is 1.58. The Labute approximate surface area is 165 Å². The number of rotatable bonds is 7. The molecular weight excluding hydrogens is 380 g/mol. The highest BCUT2D eigenvalue weighted by Gasteiger charge is 2.18. The van der Waals surface area contributed by atoms with Gasteiger partial charge in [-0.2, -0.15) is 0 Å². The third-order valence-electron chi connectivity index (χ3n) is 4.37. The number of carbonyl (C=O) groups is 1. The predicted octanol–water partition coefficient (Wildman–Crippen LogP) is 2.75. The van der Waals surface area contributed by atoms with E-state index in [9.17, 15) is 9.59 Å². The van der Waals surface area contributed by atoms with Crippen LogP contribution in [0.3, 0.4) is 0 Å². The van der Waals surface area contributed by atoms with E-state index in [1.54, 1.807) is 42.0 Å². The minimum atomic E-state index is -0.138. The Kier molecular flexibility index (Phi) is 5.31. The number of nitrogens with zero attached hydrogens (tertiary/aromatic N) is 2. The monoisotopic (exact) mass is 398 g/mol. The minimum Gasteiger partial charge on any atom is -0.454 e. The highest BCUT2D eigenvalue weighted by atomic mass is 32.2. The van der Waals surface area contributed by atoms with Crippen molar-refractivity contribution in [2.75, 3.05) is 26.3 Å². The molecule has 0 unspecified atom stereocenters. The van der Waals surface area contributed by atoms with E-state index >= 15 is 0 Å². The molecule has 0 N–H and O–H groups in total. The summed E-state index contributed by atoms with van der Waals surface area (Å²) in [6, 6.07) is 12.3. The number of aromatic nitrogens is 2. The molecule has 144 valence electrons. The fraction of sp³-hybridized carbons (Fsp3) is 0.250. The molecule has 0 spiro atoms. The molecule has 0 bridgehead atoms. The van der Waals surface area contributed by atoms with Gasteiger partial charge in [0.2, 0.25) is 6.79 Å². The van der Waals surface area contributed by atoms with Crippen molar-refractivity contribution in [2.24, 2.45) is 0 Å². The number of para-hydroxylation sites is 1. The van der Waals surface area contributed by atoms with Crippen molar-refractivity contribution in [3.8, 4) is 11.5 Å². The van der Waals surface area contributed by atoms with Crippen molar-refractivity contribution in [2.45, 2.75) is 11.7 Å². The number of ketones is 1. The molecule has 1 aliphatic heterocycles. The average molecular weight is 398 g/mol. The molecule has 1 aliphatic rings. The van der Waals surface area contributed by atoms with Crippen LogP contribution in [0.1, 0.15) is 10.4 Å². The Morgan fingerprint density at radius 1 is 1.21 bits per heavy atom.